The van der Waals surface area contributed by atoms with Gasteiger partial charge in [0.1, 0.15) is 0 Å². The van der Waals surface area contributed by atoms with Crippen LogP contribution < -0.4 is 0 Å². The molecule has 4 nitrogen and oxygen atoms in total. The van der Waals surface area contributed by atoms with Gasteiger partial charge in [0.05, 0.1) is 6.04 Å². The van der Waals surface area contributed by atoms with Gasteiger partial charge in [0.2, 0.25) is 5.17 Å². The summed E-state index contributed by atoms with van der Waals surface area (Å²) in [5.74, 6) is 0.161. The van der Waals surface area contributed by atoms with Crippen molar-refractivity contribution in [2.75, 3.05) is 19.9 Å². The molecule has 0 heterocycles. The number of aliphatic hydroxyl groups excluding tert-OH is 1. The van der Waals surface area contributed by atoms with E-state index in [-0.39, 0.29) is 18.6 Å². The zero-order chi connectivity index (χ0) is 10.3. The molecule has 0 fully saturated rings. The number of nitrogens with zero attached hydrogens (tertiary/aromatic N) is 3. The normalized spacial score (nSPS) is 17.8. The van der Waals surface area contributed by atoms with Crippen molar-refractivity contribution in [3.05, 3.63) is 0 Å². The van der Waals surface area contributed by atoms with Gasteiger partial charge >= 0.3 is 0 Å². The van der Waals surface area contributed by atoms with Crippen molar-refractivity contribution in [2.45, 2.75) is 19.9 Å². The Labute approximate surface area is 83.6 Å². The van der Waals surface area contributed by atoms with Crippen molar-refractivity contribution in [3.63, 3.8) is 0 Å². The van der Waals surface area contributed by atoms with Crippen molar-refractivity contribution in [2.24, 2.45) is 21.1 Å². The van der Waals surface area contributed by atoms with Crippen LogP contribution in [-0.2, 0) is 0 Å². The highest BCUT2D eigenvalue weighted by atomic mass is 32.2. The van der Waals surface area contributed by atoms with Gasteiger partial charge < -0.3 is 5.11 Å². The van der Waals surface area contributed by atoms with Gasteiger partial charge in [0, 0.05) is 19.6 Å². The second-order valence-corrected chi connectivity index (χ2v) is 3.59. The molecule has 0 rings (SSSR count). The molecule has 5 heteroatoms. The molecule has 0 bridgehead atoms. The Morgan fingerprint density at radius 1 is 1.46 bits per heavy atom. The molecule has 0 aromatic rings. The number of hydrogen-bond acceptors (Lipinski definition) is 4. The van der Waals surface area contributed by atoms with Gasteiger partial charge in [-0.05, 0) is 13.2 Å². The highest BCUT2D eigenvalue weighted by molar-refractivity contribution is 8.13. The summed E-state index contributed by atoms with van der Waals surface area (Å²) >= 11 is 1.46. The molecule has 0 aliphatic heterocycles. The van der Waals surface area contributed by atoms with Crippen LogP contribution in [0.3, 0.4) is 0 Å². The zero-order valence-corrected chi connectivity index (χ0v) is 9.38. The molecule has 0 aromatic carbocycles. The molecule has 2 atom stereocenters. The van der Waals surface area contributed by atoms with E-state index in [1.165, 1.54) is 11.8 Å². The largest absolute Gasteiger partial charge is 0.396 e. The van der Waals surface area contributed by atoms with Crippen LogP contribution in [0, 0.1) is 5.92 Å². The van der Waals surface area contributed by atoms with Gasteiger partial charge in [0.15, 0.2) is 0 Å². The highest BCUT2D eigenvalue weighted by Gasteiger charge is 2.10. The van der Waals surface area contributed by atoms with Crippen molar-refractivity contribution >= 4 is 16.9 Å². The van der Waals surface area contributed by atoms with Crippen molar-refractivity contribution in [1.82, 2.24) is 0 Å². The number of hydrogen-bond donors (Lipinski definition) is 1. The predicted octanol–water partition coefficient (Wildman–Crippen LogP) is 1.80. The summed E-state index contributed by atoms with van der Waals surface area (Å²) in [6.07, 6.45) is 1.91. The first-order chi connectivity index (χ1) is 6.15. The quantitative estimate of drug-likeness (QED) is 0.432. The summed E-state index contributed by atoms with van der Waals surface area (Å²) in [7, 11) is 1.62. The lowest BCUT2D eigenvalue weighted by molar-refractivity contribution is 0.222. The summed E-state index contributed by atoms with van der Waals surface area (Å²) in [6.45, 7) is 4.06. The van der Waals surface area contributed by atoms with E-state index in [4.69, 9.17) is 5.11 Å². The fraction of sp³-hybridized carbons (Fsp3) is 0.875. The number of aliphatic imine (C=N–C) groups is 1. The molecule has 0 aromatic heterocycles. The molecule has 1 unspecified atom stereocenters. The highest BCUT2D eigenvalue weighted by Crippen LogP contribution is 2.10. The van der Waals surface area contributed by atoms with Gasteiger partial charge in [-0.1, -0.05) is 18.7 Å². The van der Waals surface area contributed by atoms with E-state index >= 15 is 0 Å². The first kappa shape index (κ1) is 12.6. The van der Waals surface area contributed by atoms with E-state index in [0.29, 0.717) is 5.17 Å². The van der Waals surface area contributed by atoms with Crippen molar-refractivity contribution in [3.8, 4) is 0 Å². The van der Waals surface area contributed by atoms with E-state index in [1.54, 1.807) is 7.05 Å². The van der Waals surface area contributed by atoms with Gasteiger partial charge in [-0.15, -0.1) is 5.11 Å². The van der Waals surface area contributed by atoms with E-state index in [9.17, 15) is 0 Å². The number of amidine groups is 1. The van der Waals surface area contributed by atoms with Gasteiger partial charge in [-0.25, -0.2) is 0 Å². The maximum absolute atomic E-state index is 8.89. The minimum Gasteiger partial charge on any atom is -0.396 e. The SMILES string of the molecule is C/N=N/C(=N/C(C)[C@@H](C)CO)SC. The Morgan fingerprint density at radius 2 is 2.08 bits per heavy atom. The first-order valence-corrected chi connectivity index (χ1v) is 5.40. The molecule has 0 saturated carbocycles. The molecule has 13 heavy (non-hydrogen) atoms. The lowest BCUT2D eigenvalue weighted by Crippen LogP contribution is -2.16. The van der Waals surface area contributed by atoms with Crippen LogP contribution in [0.1, 0.15) is 13.8 Å². The van der Waals surface area contributed by atoms with Gasteiger partial charge in [-0.3, -0.25) is 4.99 Å². The van der Waals surface area contributed by atoms with Gasteiger partial charge in [-0.2, -0.15) is 5.11 Å². The van der Waals surface area contributed by atoms with Crippen LogP contribution in [0.2, 0.25) is 0 Å². The van der Waals surface area contributed by atoms with E-state index in [2.05, 4.69) is 15.2 Å². The lowest BCUT2D eigenvalue weighted by atomic mass is 10.1. The third-order valence-corrected chi connectivity index (χ3v) is 2.35. The Hall–Kier alpha value is -0.420. The minimum absolute atomic E-state index is 0.0814. The monoisotopic (exact) mass is 203 g/mol. The molecule has 76 valence electrons. The third kappa shape index (κ3) is 5.00. The van der Waals surface area contributed by atoms with Gasteiger partial charge in [0.25, 0.3) is 0 Å². The Bertz CT molecular complexity index is 194. The van der Waals surface area contributed by atoms with E-state index in [1.807, 2.05) is 20.1 Å². The maximum atomic E-state index is 8.89. The zero-order valence-electron chi connectivity index (χ0n) is 8.56. The van der Waals surface area contributed by atoms with Crippen LogP contribution in [0.5, 0.6) is 0 Å². The van der Waals surface area contributed by atoms with E-state index in [0.717, 1.165) is 0 Å². The average molecular weight is 203 g/mol. The topological polar surface area (TPSA) is 57.3 Å². The molecule has 0 aliphatic rings. The fourth-order valence-electron chi connectivity index (χ4n) is 0.659. The predicted molar refractivity (Wildman–Crippen MR) is 57.4 cm³/mol. The van der Waals surface area contributed by atoms with Crippen LogP contribution in [-0.4, -0.2) is 36.2 Å². The molecule has 0 saturated heterocycles. The standard InChI is InChI=1S/C8H17N3OS/c1-6(5-12)7(2)10-8(13-4)11-9-3/h6-7,12H,5H2,1-4H3/b10-8-,11-9+/t6-,7?/m0/s1. The number of thioether (sulfide) groups is 1. The summed E-state index contributed by atoms with van der Waals surface area (Å²) in [5, 5.41) is 17.1. The van der Waals surface area contributed by atoms with Crippen LogP contribution >= 0.6 is 11.8 Å². The summed E-state index contributed by atoms with van der Waals surface area (Å²) in [5.41, 5.74) is 0. The molecule has 0 aliphatic carbocycles. The fourth-order valence-corrected chi connectivity index (χ4v) is 1.09. The molecule has 0 amide bonds. The summed E-state index contributed by atoms with van der Waals surface area (Å²) in [4.78, 5) is 4.31. The lowest BCUT2D eigenvalue weighted by Gasteiger charge is -2.12. The van der Waals surface area contributed by atoms with E-state index < -0.39 is 0 Å². The van der Waals surface area contributed by atoms with Crippen LogP contribution in [0.4, 0.5) is 0 Å². The second kappa shape index (κ2) is 7.03. The molecule has 0 radical (unpaired) electrons. The Morgan fingerprint density at radius 3 is 2.46 bits per heavy atom. The summed E-state index contributed by atoms with van der Waals surface area (Å²) < 4.78 is 0. The third-order valence-electron chi connectivity index (χ3n) is 1.79. The number of aliphatic hydroxyl groups is 1. The molecular weight excluding hydrogens is 186 g/mol. The summed E-state index contributed by atoms with van der Waals surface area (Å²) in [6, 6.07) is 0.0814. The minimum atomic E-state index is 0.0814. The van der Waals surface area contributed by atoms with Crippen molar-refractivity contribution < 1.29 is 5.11 Å². The molecule has 1 N–H and O–H groups in total. The molecular formula is C8H17N3OS. The molecule has 0 spiro atoms. The Kier molecular flexibility index (Phi) is 6.80. The number of rotatable bonds is 3. The first-order valence-electron chi connectivity index (χ1n) is 4.18. The second-order valence-electron chi connectivity index (χ2n) is 2.82. The van der Waals surface area contributed by atoms with Crippen LogP contribution in [0.15, 0.2) is 15.2 Å². The average Bonchev–Trinajstić information content (AvgIpc) is 2.15. The smallest absolute Gasteiger partial charge is 0.204 e. The van der Waals surface area contributed by atoms with Crippen LogP contribution in [0.25, 0.3) is 0 Å². The number of azo groups is 1. The van der Waals surface area contributed by atoms with Crippen molar-refractivity contribution in [1.29, 1.82) is 0 Å². The maximum Gasteiger partial charge on any atom is 0.204 e. The Balaban J connectivity index is 4.31.